The molecule has 0 N–H and O–H groups in total. The molecule has 0 aromatic carbocycles. The molecule has 0 saturated carbocycles. The fourth-order valence-corrected chi connectivity index (χ4v) is 14.5. The predicted molar refractivity (Wildman–Crippen MR) is 280 cm³/mol. The third kappa shape index (κ3) is 47.7. The van der Waals surface area contributed by atoms with Crippen molar-refractivity contribution >= 4 is 8.32 Å². The summed E-state index contributed by atoms with van der Waals surface area (Å²) in [6.45, 7) is 10.4. The molecule has 0 bridgehead atoms. The third-order valence-electron chi connectivity index (χ3n) is 14.4. The first-order valence-corrected chi connectivity index (χ1v) is 31.9. The highest BCUT2D eigenvalue weighted by molar-refractivity contribution is 6.73. The second-order valence-corrected chi connectivity index (χ2v) is 24.7. The van der Waals surface area contributed by atoms with E-state index in [0.29, 0.717) is 0 Å². The summed E-state index contributed by atoms with van der Waals surface area (Å²) in [5.41, 5.74) is 0. The Hall–Kier alpha value is 0.177. The van der Waals surface area contributed by atoms with Gasteiger partial charge < -0.3 is 4.43 Å². The molecule has 0 aliphatic heterocycles. The van der Waals surface area contributed by atoms with Crippen LogP contribution in [0.1, 0.15) is 349 Å². The van der Waals surface area contributed by atoms with Gasteiger partial charge in [0.05, 0.1) is 0 Å². The van der Waals surface area contributed by atoms with Crippen LogP contribution in [0.3, 0.4) is 0 Å². The minimum Gasteiger partial charge on any atom is -0.417 e. The Bertz CT molecular complexity index is 648. The molecule has 0 aliphatic carbocycles. The Morgan fingerprint density at radius 3 is 0.500 bits per heavy atom. The van der Waals surface area contributed by atoms with Crippen molar-refractivity contribution in [3.63, 3.8) is 0 Å². The molecule has 0 rings (SSSR count). The summed E-state index contributed by atoms with van der Waals surface area (Å²) < 4.78 is 7.18. The molecule has 0 spiro atoms. The van der Waals surface area contributed by atoms with Crippen molar-refractivity contribution in [3.8, 4) is 0 Å². The molecule has 0 aliphatic rings. The Morgan fingerprint density at radius 2 is 0.333 bits per heavy atom. The third-order valence-corrected chi connectivity index (χ3v) is 19.0. The van der Waals surface area contributed by atoms with Crippen molar-refractivity contribution in [1.82, 2.24) is 0 Å². The lowest BCUT2D eigenvalue weighted by molar-refractivity contribution is 0.285. The number of hydrogen-bond acceptors (Lipinski definition) is 1. The molecule has 0 radical (unpaired) electrons. The second kappa shape index (κ2) is 53.5. The summed E-state index contributed by atoms with van der Waals surface area (Å²) in [5, 5.41) is 0. The number of hydrogen-bond donors (Lipinski definition) is 0. The first-order chi connectivity index (χ1) is 29.7. The van der Waals surface area contributed by atoms with Gasteiger partial charge in [-0.1, -0.05) is 342 Å². The van der Waals surface area contributed by atoms with E-state index < -0.39 is 8.32 Å². The largest absolute Gasteiger partial charge is 0.417 e. The first kappa shape index (κ1) is 60.2. The lowest BCUT2D eigenvalue weighted by atomic mass is 10.0. The fourth-order valence-electron chi connectivity index (χ4n) is 10.0. The maximum Gasteiger partial charge on any atom is 0.192 e. The predicted octanol–water partition coefficient (Wildman–Crippen LogP) is 22.5. The van der Waals surface area contributed by atoms with Crippen LogP contribution < -0.4 is 0 Å². The molecular weight excluding hydrogens is 741 g/mol. The van der Waals surface area contributed by atoms with Gasteiger partial charge in [-0.15, -0.1) is 0 Å². The average Bonchev–Trinajstić information content (AvgIpc) is 3.26. The highest BCUT2D eigenvalue weighted by Gasteiger charge is 2.33. The molecule has 0 aromatic heterocycles. The van der Waals surface area contributed by atoms with Gasteiger partial charge in [0, 0.05) is 6.61 Å². The van der Waals surface area contributed by atoms with E-state index in [1.165, 1.54) is 339 Å². The molecule has 0 saturated heterocycles. The Kier molecular flexibility index (Phi) is 53.7. The van der Waals surface area contributed by atoms with E-state index in [2.05, 4.69) is 27.7 Å². The molecule has 0 amide bonds. The van der Waals surface area contributed by atoms with Gasteiger partial charge in [0.15, 0.2) is 8.32 Å². The van der Waals surface area contributed by atoms with Crippen molar-refractivity contribution in [1.29, 1.82) is 0 Å². The van der Waals surface area contributed by atoms with Gasteiger partial charge in [0.2, 0.25) is 0 Å². The van der Waals surface area contributed by atoms with Crippen LogP contribution in [-0.2, 0) is 4.43 Å². The summed E-state index contributed by atoms with van der Waals surface area (Å²) in [4.78, 5) is 0. The zero-order valence-corrected chi connectivity index (χ0v) is 44.1. The Balaban J connectivity index is 4.49. The van der Waals surface area contributed by atoms with Gasteiger partial charge in [-0.3, -0.25) is 0 Å². The van der Waals surface area contributed by atoms with Crippen molar-refractivity contribution < 1.29 is 4.43 Å². The van der Waals surface area contributed by atoms with E-state index in [9.17, 15) is 0 Å². The Morgan fingerprint density at radius 1 is 0.183 bits per heavy atom. The van der Waals surface area contributed by atoms with Crippen molar-refractivity contribution in [2.45, 2.75) is 367 Å². The van der Waals surface area contributed by atoms with E-state index in [-0.39, 0.29) is 0 Å². The zero-order valence-electron chi connectivity index (χ0n) is 43.1. The highest BCUT2D eigenvalue weighted by atomic mass is 28.4. The van der Waals surface area contributed by atoms with Gasteiger partial charge in [0.1, 0.15) is 0 Å². The van der Waals surface area contributed by atoms with Crippen LogP contribution in [0.2, 0.25) is 18.1 Å². The summed E-state index contributed by atoms with van der Waals surface area (Å²) in [6.07, 6.45) is 72.9. The fraction of sp³-hybridized carbons (Fsp3) is 1.00. The second-order valence-electron chi connectivity index (χ2n) is 20.5. The van der Waals surface area contributed by atoms with Crippen LogP contribution in [-0.4, -0.2) is 14.9 Å². The smallest absolute Gasteiger partial charge is 0.192 e. The average molecular weight is 862 g/mol. The van der Waals surface area contributed by atoms with E-state index in [1.54, 1.807) is 0 Å². The first-order valence-electron chi connectivity index (χ1n) is 29.4. The molecule has 60 heavy (non-hydrogen) atoms. The summed E-state index contributed by atoms with van der Waals surface area (Å²) in [7, 11) is -1.65. The van der Waals surface area contributed by atoms with Gasteiger partial charge >= 0.3 is 0 Å². The quantitative estimate of drug-likeness (QED) is 0.0437. The van der Waals surface area contributed by atoms with E-state index in [4.69, 9.17) is 4.43 Å². The standard InChI is InChI=1S/C58H120OSi/c1-5-9-13-16-19-22-25-28-31-34-37-40-43-46-49-52-56-60(59-55-12-8-4,57-53-50-47-44-41-38-35-32-29-26-23-20-17-14-10-6-2)58-54-51-48-45-42-39-36-33-30-27-24-21-18-15-11-7-3/h5-58H2,1-4H3. The zero-order chi connectivity index (χ0) is 43.4. The van der Waals surface area contributed by atoms with Crippen LogP contribution in [0.25, 0.3) is 0 Å². The molecule has 2 heteroatoms. The van der Waals surface area contributed by atoms with Crippen molar-refractivity contribution in [2.24, 2.45) is 0 Å². The molecule has 0 heterocycles. The molecule has 1 nitrogen and oxygen atoms in total. The van der Waals surface area contributed by atoms with Crippen LogP contribution >= 0.6 is 0 Å². The molecule has 0 fully saturated rings. The molecule has 362 valence electrons. The summed E-state index contributed by atoms with van der Waals surface area (Å²) >= 11 is 0. The van der Waals surface area contributed by atoms with Crippen LogP contribution in [0, 0.1) is 0 Å². The van der Waals surface area contributed by atoms with Gasteiger partial charge in [-0.05, 0) is 24.6 Å². The van der Waals surface area contributed by atoms with Crippen LogP contribution in [0.5, 0.6) is 0 Å². The summed E-state index contributed by atoms with van der Waals surface area (Å²) in [5.74, 6) is 0. The highest BCUT2D eigenvalue weighted by Crippen LogP contribution is 2.32. The van der Waals surface area contributed by atoms with Gasteiger partial charge in [-0.2, -0.15) is 0 Å². The Labute approximate surface area is 384 Å². The monoisotopic (exact) mass is 861 g/mol. The lowest BCUT2D eigenvalue weighted by Crippen LogP contribution is -2.38. The molecule has 0 aromatic rings. The van der Waals surface area contributed by atoms with Gasteiger partial charge in [0.25, 0.3) is 0 Å². The van der Waals surface area contributed by atoms with Crippen LogP contribution in [0.4, 0.5) is 0 Å². The number of rotatable bonds is 55. The topological polar surface area (TPSA) is 9.23 Å². The van der Waals surface area contributed by atoms with E-state index in [1.807, 2.05) is 0 Å². The van der Waals surface area contributed by atoms with Crippen molar-refractivity contribution in [2.75, 3.05) is 6.61 Å². The van der Waals surface area contributed by atoms with Crippen molar-refractivity contribution in [3.05, 3.63) is 0 Å². The normalized spacial score (nSPS) is 12.0. The SMILES string of the molecule is CCCCCCCCCCCCCCCCCC[Si](CCCCCCCCCCCCCCCCCC)(CCCCCCCCCCCCCCCCCC)OCCCC. The minimum atomic E-state index is -1.65. The van der Waals surface area contributed by atoms with E-state index in [0.717, 1.165) is 6.61 Å². The summed E-state index contributed by atoms with van der Waals surface area (Å²) in [6, 6.07) is 4.39. The van der Waals surface area contributed by atoms with E-state index >= 15 is 0 Å². The molecule has 0 atom stereocenters. The lowest BCUT2D eigenvalue weighted by Gasteiger charge is -2.32. The van der Waals surface area contributed by atoms with Crippen LogP contribution in [0.15, 0.2) is 0 Å². The minimum absolute atomic E-state index is 1.05. The number of unbranched alkanes of at least 4 members (excludes halogenated alkanes) is 46. The molecule has 0 unspecified atom stereocenters. The maximum absolute atomic E-state index is 7.18. The van der Waals surface area contributed by atoms with Gasteiger partial charge in [-0.25, -0.2) is 0 Å². The maximum atomic E-state index is 7.18. The molecular formula is C58H120OSi.